The van der Waals surface area contributed by atoms with E-state index >= 15 is 0 Å². The van der Waals surface area contributed by atoms with Gasteiger partial charge in [-0.05, 0) is 43.2 Å². The number of hydrogen-bond donors (Lipinski definition) is 0. The van der Waals surface area contributed by atoms with Gasteiger partial charge in [0.15, 0.2) is 5.69 Å². The minimum Gasteiger partial charge on any atom is -0.335 e. The molecule has 1 aliphatic heterocycles. The molecule has 32 heavy (non-hydrogen) atoms. The van der Waals surface area contributed by atoms with Crippen LogP contribution in [0.3, 0.4) is 0 Å². The molecule has 0 radical (unpaired) electrons. The normalized spacial score (nSPS) is 17.5. The maximum atomic E-state index is 13.5. The van der Waals surface area contributed by atoms with E-state index < -0.39 is 15.8 Å². The molecular weight excluding hydrogens is 433 g/mol. The number of piperazine rings is 1. The molecule has 0 atom stereocenters. The summed E-state index contributed by atoms with van der Waals surface area (Å²) in [6, 6.07) is 14.5. The molecule has 8 nitrogen and oxygen atoms in total. The first-order chi connectivity index (χ1) is 15.4. The Hall–Kier alpha value is -3.11. The quantitative estimate of drug-likeness (QED) is 0.590. The molecule has 166 valence electrons. The van der Waals surface area contributed by atoms with Gasteiger partial charge in [0.05, 0.1) is 16.3 Å². The molecule has 1 saturated heterocycles. The van der Waals surface area contributed by atoms with Gasteiger partial charge in [-0.1, -0.05) is 29.5 Å². The maximum absolute atomic E-state index is 13.5. The minimum absolute atomic E-state index is 0.0842. The zero-order valence-electron chi connectivity index (χ0n) is 17.3. The lowest BCUT2D eigenvalue weighted by Crippen LogP contribution is -2.50. The third-order valence-corrected chi connectivity index (χ3v) is 7.73. The van der Waals surface area contributed by atoms with Crippen molar-refractivity contribution in [1.82, 2.24) is 24.2 Å². The molecule has 2 aliphatic rings. The van der Waals surface area contributed by atoms with E-state index in [-0.39, 0.29) is 42.9 Å². The lowest BCUT2D eigenvalue weighted by atomic mass is 10.2. The second kappa shape index (κ2) is 8.10. The molecule has 1 aromatic heterocycles. The van der Waals surface area contributed by atoms with Crippen LogP contribution in [-0.2, 0) is 10.0 Å². The molecule has 0 bridgehead atoms. The van der Waals surface area contributed by atoms with Crippen molar-refractivity contribution in [3.05, 3.63) is 71.8 Å². The fourth-order valence-electron chi connectivity index (χ4n) is 3.98. The number of carbonyl (C=O) groups is 1. The molecule has 1 aliphatic carbocycles. The van der Waals surface area contributed by atoms with Crippen molar-refractivity contribution < 1.29 is 17.6 Å². The molecule has 0 spiro atoms. The van der Waals surface area contributed by atoms with E-state index in [4.69, 9.17) is 0 Å². The molecule has 0 N–H and O–H groups in total. The number of halogens is 1. The van der Waals surface area contributed by atoms with Crippen LogP contribution in [0.15, 0.2) is 59.5 Å². The van der Waals surface area contributed by atoms with E-state index in [0.717, 1.165) is 30.3 Å². The second-order valence-electron chi connectivity index (χ2n) is 8.00. The van der Waals surface area contributed by atoms with Gasteiger partial charge in [-0.15, -0.1) is 5.10 Å². The molecule has 1 amide bonds. The second-order valence-corrected chi connectivity index (χ2v) is 9.94. The Kier molecular flexibility index (Phi) is 5.26. The lowest BCUT2D eigenvalue weighted by Gasteiger charge is -2.33. The largest absolute Gasteiger partial charge is 0.335 e. The number of benzene rings is 2. The predicted molar refractivity (Wildman–Crippen MR) is 114 cm³/mol. The number of sulfonamides is 1. The maximum Gasteiger partial charge on any atom is 0.276 e. The molecule has 2 aromatic carbocycles. The Labute approximate surface area is 185 Å². The fraction of sp³-hybridized carbons (Fsp3) is 0.318. The summed E-state index contributed by atoms with van der Waals surface area (Å²) in [7, 11) is -3.82. The van der Waals surface area contributed by atoms with Crippen LogP contribution in [0, 0.1) is 5.82 Å². The average Bonchev–Trinajstić information content (AvgIpc) is 3.57. The number of para-hydroxylation sites is 1. The minimum atomic E-state index is -3.82. The molecule has 2 heterocycles. The van der Waals surface area contributed by atoms with E-state index in [1.165, 1.54) is 22.5 Å². The van der Waals surface area contributed by atoms with Crippen LogP contribution in [0.1, 0.15) is 34.9 Å². The number of rotatable bonds is 5. The zero-order chi connectivity index (χ0) is 22.3. The Bertz CT molecular complexity index is 1250. The van der Waals surface area contributed by atoms with E-state index in [2.05, 4.69) is 10.3 Å². The standard InChI is InChI=1S/C22H22FN5O3S/c23-17-5-4-8-19(15-17)32(30,31)27-13-11-26(12-14-27)22(29)20-21(16-9-10-16)28(25-24-20)18-6-2-1-3-7-18/h1-8,15-16H,9-14H2. The van der Waals surface area contributed by atoms with Gasteiger partial charge in [0, 0.05) is 32.1 Å². The first-order valence-corrected chi connectivity index (χ1v) is 11.9. The molecule has 5 rings (SSSR count). The van der Waals surface area contributed by atoms with Gasteiger partial charge in [0.25, 0.3) is 5.91 Å². The lowest BCUT2D eigenvalue weighted by molar-refractivity contribution is 0.0690. The summed E-state index contributed by atoms with van der Waals surface area (Å²) >= 11 is 0. The summed E-state index contributed by atoms with van der Waals surface area (Å²) in [6.07, 6.45) is 1.97. The van der Waals surface area contributed by atoms with Crippen molar-refractivity contribution in [2.75, 3.05) is 26.2 Å². The highest BCUT2D eigenvalue weighted by Crippen LogP contribution is 2.42. The third kappa shape index (κ3) is 3.80. The number of hydrogen-bond acceptors (Lipinski definition) is 5. The van der Waals surface area contributed by atoms with Crippen molar-refractivity contribution in [1.29, 1.82) is 0 Å². The molecule has 1 saturated carbocycles. The Morgan fingerprint density at radius 1 is 0.969 bits per heavy atom. The van der Waals surface area contributed by atoms with Gasteiger partial charge in [-0.3, -0.25) is 4.79 Å². The number of carbonyl (C=O) groups excluding carboxylic acids is 1. The van der Waals surface area contributed by atoms with Gasteiger partial charge in [0.2, 0.25) is 10.0 Å². The number of amides is 1. The number of nitrogens with zero attached hydrogens (tertiary/aromatic N) is 5. The van der Waals surface area contributed by atoms with Crippen LogP contribution < -0.4 is 0 Å². The highest BCUT2D eigenvalue weighted by molar-refractivity contribution is 7.89. The van der Waals surface area contributed by atoms with E-state index in [0.29, 0.717) is 5.69 Å². The molecule has 10 heteroatoms. The van der Waals surface area contributed by atoms with Gasteiger partial charge in [-0.25, -0.2) is 17.5 Å². The van der Waals surface area contributed by atoms with Gasteiger partial charge in [-0.2, -0.15) is 4.31 Å². The number of aromatic nitrogens is 3. The summed E-state index contributed by atoms with van der Waals surface area (Å²) in [5, 5.41) is 8.45. The zero-order valence-corrected chi connectivity index (χ0v) is 18.1. The summed E-state index contributed by atoms with van der Waals surface area (Å²) in [6.45, 7) is 0.734. The molecule has 0 unspecified atom stereocenters. The van der Waals surface area contributed by atoms with Crippen molar-refractivity contribution >= 4 is 15.9 Å². The van der Waals surface area contributed by atoms with E-state index in [1.54, 1.807) is 9.58 Å². The average molecular weight is 456 g/mol. The van der Waals surface area contributed by atoms with Crippen LogP contribution in [0.4, 0.5) is 4.39 Å². The third-order valence-electron chi connectivity index (χ3n) is 5.83. The topological polar surface area (TPSA) is 88.4 Å². The molecule has 3 aromatic rings. The van der Waals surface area contributed by atoms with Crippen LogP contribution in [-0.4, -0.2) is 64.7 Å². The van der Waals surface area contributed by atoms with Crippen LogP contribution >= 0.6 is 0 Å². The van der Waals surface area contributed by atoms with Gasteiger partial charge < -0.3 is 4.90 Å². The summed E-state index contributed by atoms with van der Waals surface area (Å²) < 4.78 is 42.2. The first-order valence-electron chi connectivity index (χ1n) is 10.5. The summed E-state index contributed by atoms with van der Waals surface area (Å²) in [5.41, 5.74) is 2.00. The summed E-state index contributed by atoms with van der Waals surface area (Å²) in [4.78, 5) is 14.8. The van der Waals surface area contributed by atoms with Gasteiger partial charge >= 0.3 is 0 Å². The van der Waals surface area contributed by atoms with Crippen molar-refractivity contribution in [3.63, 3.8) is 0 Å². The van der Waals surface area contributed by atoms with Crippen LogP contribution in [0.2, 0.25) is 0 Å². The SMILES string of the molecule is O=C(c1nnn(-c2ccccc2)c1C1CC1)N1CCN(S(=O)(=O)c2cccc(F)c2)CC1. The molecular formula is C22H22FN5O3S. The van der Waals surface area contributed by atoms with Crippen LogP contribution in [0.5, 0.6) is 0 Å². The Morgan fingerprint density at radius 2 is 1.69 bits per heavy atom. The monoisotopic (exact) mass is 455 g/mol. The smallest absolute Gasteiger partial charge is 0.276 e. The van der Waals surface area contributed by atoms with Crippen molar-refractivity contribution in [3.8, 4) is 5.69 Å². The molecule has 2 fully saturated rings. The van der Waals surface area contributed by atoms with E-state index in [1.807, 2.05) is 30.3 Å². The van der Waals surface area contributed by atoms with Crippen LogP contribution in [0.25, 0.3) is 5.69 Å². The highest BCUT2D eigenvalue weighted by Gasteiger charge is 2.37. The Morgan fingerprint density at radius 3 is 2.34 bits per heavy atom. The highest BCUT2D eigenvalue weighted by atomic mass is 32.2. The van der Waals surface area contributed by atoms with Crippen molar-refractivity contribution in [2.45, 2.75) is 23.7 Å². The Balaban J connectivity index is 1.34. The van der Waals surface area contributed by atoms with Gasteiger partial charge in [0.1, 0.15) is 5.82 Å². The van der Waals surface area contributed by atoms with Crippen molar-refractivity contribution in [2.24, 2.45) is 0 Å². The summed E-state index contributed by atoms with van der Waals surface area (Å²) in [5.74, 6) is -0.593. The fourth-order valence-corrected chi connectivity index (χ4v) is 5.44. The predicted octanol–water partition coefficient (Wildman–Crippen LogP) is 2.43. The van der Waals surface area contributed by atoms with E-state index in [9.17, 15) is 17.6 Å². The first kappa shape index (κ1) is 20.8.